The number of aromatic nitrogens is 2. The van der Waals surface area contributed by atoms with E-state index in [1.165, 1.54) is 12.0 Å². The number of benzene rings is 2. The minimum atomic E-state index is -1.13. The first-order valence-electron chi connectivity index (χ1n) is 9.56. The van der Waals surface area contributed by atoms with Crippen molar-refractivity contribution >= 4 is 40.6 Å². The molecule has 162 valence electrons. The van der Waals surface area contributed by atoms with Crippen LogP contribution < -0.4 is 15.0 Å². The lowest BCUT2D eigenvalue weighted by molar-refractivity contribution is 0.0989. The Morgan fingerprint density at radius 1 is 1.12 bits per heavy atom. The standard InChI is InChI=1S/C23H19ClN4O4/c1-27(17-9-5-15(24)6-10-17)22(29)18-13-28-19(12-25-21(28)11-20(18)32-2)14-3-7-16(8-4-14)26-23(30)31/h3-13,26H,1-2H3,(H,30,31). The zero-order valence-corrected chi connectivity index (χ0v) is 18.0. The summed E-state index contributed by atoms with van der Waals surface area (Å²) in [5.74, 6) is 0.146. The topological polar surface area (TPSA) is 96.2 Å². The van der Waals surface area contributed by atoms with Crippen LogP contribution >= 0.6 is 11.6 Å². The third-order valence-electron chi connectivity index (χ3n) is 5.01. The van der Waals surface area contributed by atoms with Crippen LogP contribution in [-0.4, -0.2) is 40.6 Å². The Bertz CT molecular complexity index is 1300. The second-order valence-corrected chi connectivity index (χ2v) is 7.41. The van der Waals surface area contributed by atoms with Crippen molar-refractivity contribution in [3.8, 4) is 17.0 Å². The van der Waals surface area contributed by atoms with E-state index < -0.39 is 6.09 Å². The van der Waals surface area contributed by atoms with Gasteiger partial charge in [0.25, 0.3) is 5.91 Å². The van der Waals surface area contributed by atoms with Gasteiger partial charge in [-0.05, 0) is 36.4 Å². The number of rotatable bonds is 5. The van der Waals surface area contributed by atoms with Crippen molar-refractivity contribution in [3.63, 3.8) is 0 Å². The summed E-state index contributed by atoms with van der Waals surface area (Å²) in [6.07, 6.45) is 2.24. The van der Waals surface area contributed by atoms with E-state index >= 15 is 0 Å². The summed E-state index contributed by atoms with van der Waals surface area (Å²) >= 11 is 5.96. The van der Waals surface area contributed by atoms with Gasteiger partial charge in [-0.25, -0.2) is 9.78 Å². The summed E-state index contributed by atoms with van der Waals surface area (Å²) in [5, 5.41) is 11.7. The molecule has 2 aromatic carbocycles. The number of anilines is 2. The van der Waals surface area contributed by atoms with Crippen LogP contribution in [0.2, 0.25) is 5.02 Å². The van der Waals surface area contributed by atoms with E-state index in [4.69, 9.17) is 21.4 Å². The van der Waals surface area contributed by atoms with Gasteiger partial charge in [0, 0.05) is 41.3 Å². The minimum absolute atomic E-state index is 0.258. The predicted molar refractivity (Wildman–Crippen MR) is 123 cm³/mol. The minimum Gasteiger partial charge on any atom is -0.496 e. The van der Waals surface area contributed by atoms with Crippen molar-refractivity contribution in [1.82, 2.24) is 9.38 Å². The van der Waals surface area contributed by atoms with E-state index in [1.807, 2.05) is 0 Å². The molecule has 4 aromatic rings. The molecule has 2 aromatic heterocycles. The van der Waals surface area contributed by atoms with Gasteiger partial charge < -0.3 is 14.7 Å². The molecule has 0 saturated carbocycles. The third kappa shape index (κ3) is 4.08. The van der Waals surface area contributed by atoms with E-state index in [0.717, 1.165) is 11.3 Å². The SMILES string of the molecule is COc1cc2ncc(-c3ccc(NC(=O)O)cc3)n2cc1C(=O)N(C)c1ccc(Cl)cc1. The fourth-order valence-electron chi connectivity index (χ4n) is 3.36. The number of amides is 2. The highest BCUT2D eigenvalue weighted by Crippen LogP contribution is 2.29. The zero-order valence-electron chi connectivity index (χ0n) is 17.2. The maximum absolute atomic E-state index is 13.3. The van der Waals surface area contributed by atoms with Crippen LogP contribution in [0, 0.1) is 0 Å². The largest absolute Gasteiger partial charge is 0.496 e. The van der Waals surface area contributed by atoms with Crippen LogP contribution in [0.4, 0.5) is 16.2 Å². The Labute approximate surface area is 188 Å². The van der Waals surface area contributed by atoms with Crippen molar-refractivity contribution in [1.29, 1.82) is 0 Å². The number of pyridine rings is 1. The molecule has 0 unspecified atom stereocenters. The third-order valence-corrected chi connectivity index (χ3v) is 5.26. The molecule has 0 aliphatic carbocycles. The molecule has 0 atom stereocenters. The lowest BCUT2D eigenvalue weighted by atomic mass is 10.1. The van der Waals surface area contributed by atoms with Crippen molar-refractivity contribution in [2.24, 2.45) is 0 Å². The van der Waals surface area contributed by atoms with Crippen LogP contribution in [0.5, 0.6) is 5.75 Å². The molecule has 0 aliphatic rings. The van der Waals surface area contributed by atoms with E-state index in [-0.39, 0.29) is 5.91 Å². The van der Waals surface area contributed by atoms with Crippen molar-refractivity contribution in [2.45, 2.75) is 0 Å². The van der Waals surface area contributed by atoms with Crippen LogP contribution in [0.15, 0.2) is 67.0 Å². The van der Waals surface area contributed by atoms with E-state index in [9.17, 15) is 9.59 Å². The molecule has 0 spiro atoms. The number of nitrogens with zero attached hydrogens (tertiary/aromatic N) is 3. The lowest BCUT2D eigenvalue weighted by Gasteiger charge is -2.19. The normalized spacial score (nSPS) is 10.7. The summed E-state index contributed by atoms with van der Waals surface area (Å²) in [4.78, 5) is 30.0. The lowest BCUT2D eigenvalue weighted by Crippen LogP contribution is -2.27. The molecule has 2 N–H and O–H groups in total. The summed E-state index contributed by atoms with van der Waals surface area (Å²) in [5.41, 5.74) is 3.66. The number of methoxy groups -OCH3 is 1. The highest BCUT2D eigenvalue weighted by molar-refractivity contribution is 6.30. The second-order valence-electron chi connectivity index (χ2n) is 6.98. The van der Waals surface area contributed by atoms with Gasteiger partial charge in [0.1, 0.15) is 11.4 Å². The molecule has 0 bridgehead atoms. The number of ether oxygens (including phenoxy) is 1. The zero-order chi connectivity index (χ0) is 22.8. The highest BCUT2D eigenvalue weighted by Gasteiger charge is 2.21. The molecule has 8 nitrogen and oxygen atoms in total. The van der Waals surface area contributed by atoms with Crippen LogP contribution in [0.3, 0.4) is 0 Å². The number of hydrogen-bond acceptors (Lipinski definition) is 4. The average Bonchev–Trinajstić information content (AvgIpc) is 3.20. The van der Waals surface area contributed by atoms with E-state index in [1.54, 1.807) is 78.4 Å². The van der Waals surface area contributed by atoms with Gasteiger partial charge in [0.05, 0.1) is 24.6 Å². The molecule has 0 fully saturated rings. The Morgan fingerprint density at radius 3 is 2.44 bits per heavy atom. The van der Waals surface area contributed by atoms with Gasteiger partial charge in [-0.15, -0.1) is 0 Å². The number of fused-ring (bicyclic) bond motifs is 1. The number of imidazole rings is 1. The second kappa shape index (κ2) is 8.60. The molecular weight excluding hydrogens is 432 g/mol. The maximum atomic E-state index is 13.3. The Morgan fingerprint density at radius 2 is 1.81 bits per heavy atom. The number of carbonyl (C=O) groups is 2. The number of nitrogens with one attached hydrogen (secondary N) is 1. The molecular formula is C23H19ClN4O4. The van der Waals surface area contributed by atoms with E-state index in [2.05, 4.69) is 10.3 Å². The summed E-state index contributed by atoms with van der Waals surface area (Å²) in [6.45, 7) is 0. The van der Waals surface area contributed by atoms with Gasteiger partial charge in [-0.1, -0.05) is 23.7 Å². The van der Waals surface area contributed by atoms with Crippen LogP contribution in [0.25, 0.3) is 16.9 Å². The molecule has 0 saturated heterocycles. The average molecular weight is 451 g/mol. The molecule has 2 amide bonds. The summed E-state index contributed by atoms with van der Waals surface area (Å²) in [6, 6.07) is 15.5. The quantitative estimate of drug-likeness (QED) is 0.444. The fourth-order valence-corrected chi connectivity index (χ4v) is 3.48. The summed E-state index contributed by atoms with van der Waals surface area (Å²) < 4.78 is 7.26. The first-order chi connectivity index (χ1) is 15.4. The molecule has 0 radical (unpaired) electrons. The first-order valence-corrected chi connectivity index (χ1v) is 9.94. The fraction of sp³-hybridized carbons (Fsp3) is 0.0870. The molecule has 9 heteroatoms. The van der Waals surface area contributed by atoms with Gasteiger partial charge in [-0.3, -0.25) is 14.5 Å². The smallest absolute Gasteiger partial charge is 0.409 e. The molecule has 2 heterocycles. The Kier molecular flexibility index (Phi) is 5.70. The van der Waals surface area contributed by atoms with Gasteiger partial charge in [0.15, 0.2) is 0 Å². The molecule has 0 aliphatic heterocycles. The predicted octanol–water partition coefficient (Wildman–Crippen LogP) is 5.03. The number of carbonyl (C=O) groups excluding carboxylic acids is 1. The molecule has 4 rings (SSSR count). The first kappa shape index (κ1) is 21.2. The Hall–Kier alpha value is -4.04. The van der Waals surface area contributed by atoms with Crippen molar-refractivity contribution < 1.29 is 19.4 Å². The van der Waals surface area contributed by atoms with Crippen LogP contribution in [0.1, 0.15) is 10.4 Å². The van der Waals surface area contributed by atoms with Crippen molar-refractivity contribution in [3.05, 3.63) is 77.6 Å². The molecule has 32 heavy (non-hydrogen) atoms. The van der Waals surface area contributed by atoms with Gasteiger partial charge >= 0.3 is 6.09 Å². The van der Waals surface area contributed by atoms with Crippen LogP contribution in [-0.2, 0) is 0 Å². The van der Waals surface area contributed by atoms with Gasteiger partial charge in [-0.2, -0.15) is 0 Å². The monoisotopic (exact) mass is 450 g/mol. The number of carboxylic acid groups (broad SMARTS) is 1. The van der Waals surface area contributed by atoms with Gasteiger partial charge in [0.2, 0.25) is 0 Å². The Balaban J connectivity index is 1.74. The number of hydrogen-bond donors (Lipinski definition) is 2. The van der Waals surface area contributed by atoms with Crippen molar-refractivity contribution in [2.75, 3.05) is 24.4 Å². The maximum Gasteiger partial charge on any atom is 0.409 e. The number of halogens is 1. The highest BCUT2D eigenvalue weighted by atomic mass is 35.5. The summed E-state index contributed by atoms with van der Waals surface area (Å²) in [7, 11) is 3.18. The van der Waals surface area contributed by atoms with E-state index in [0.29, 0.717) is 33.4 Å².